The van der Waals surface area contributed by atoms with E-state index in [2.05, 4.69) is 60.9 Å². The molecular formula is C34H40N4O4. The maximum absolute atomic E-state index is 11.6. The summed E-state index contributed by atoms with van der Waals surface area (Å²) in [6, 6.07) is -0.238. The van der Waals surface area contributed by atoms with Crippen molar-refractivity contribution in [3.8, 4) is 0 Å². The highest BCUT2D eigenvalue weighted by molar-refractivity contribution is 6.22. The Kier molecular flexibility index (Phi) is 7.99. The van der Waals surface area contributed by atoms with Crippen LogP contribution in [0.5, 0.6) is 0 Å². The number of aliphatic imine (C=N–C) groups is 1. The number of hydrogen-bond donors (Lipinski definition) is 5. The normalized spacial score (nSPS) is 17.6. The Bertz CT molecular complexity index is 1910. The molecule has 0 saturated heterocycles. The topological polar surface area (TPSA) is 134 Å². The summed E-state index contributed by atoms with van der Waals surface area (Å²) >= 11 is 0. The molecule has 0 aromatic carbocycles. The molecule has 220 valence electrons. The molecule has 0 saturated carbocycles. The first kappa shape index (κ1) is 29.2. The van der Waals surface area contributed by atoms with Gasteiger partial charge in [0, 0.05) is 45.6 Å². The van der Waals surface area contributed by atoms with Crippen LogP contribution in [-0.4, -0.2) is 48.9 Å². The monoisotopic (exact) mass is 568 g/mol. The smallest absolute Gasteiger partial charge is 0.303 e. The van der Waals surface area contributed by atoms with E-state index in [1.165, 1.54) is 22.3 Å². The molecule has 0 amide bonds. The lowest BCUT2D eigenvalue weighted by Gasteiger charge is -2.05. The summed E-state index contributed by atoms with van der Waals surface area (Å²) in [5.41, 5.74) is 11.6. The number of carboxylic acids is 2. The van der Waals surface area contributed by atoms with Crippen molar-refractivity contribution < 1.29 is 19.8 Å². The molecule has 2 aliphatic heterocycles. The van der Waals surface area contributed by atoms with Crippen LogP contribution < -0.4 is 21.4 Å². The number of hydrogen-bond acceptors (Lipinski definition) is 3. The van der Waals surface area contributed by atoms with E-state index >= 15 is 0 Å². The molecule has 2 aliphatic rings. The van der Waals surface area contributed by atoms with Crippen molar-refractivity contribution in [3.63, 3.8) is 0 Å². The summed E-state index contributed by atoms with van der Waals surface area (Å²) in [5, 5.41) is 22.8. The first-order chi connectivity index (χ1) is 20.0. The molecule has 3 aromatic heterocycles. The minimum atomic E-state index is -0.852. The van der Waals surface area contributed by atoms with E-state index in [1.807, 2.05) is 19.9 Å². The molecular weight excluding hydrogens is 528 g/mol. The summed E-state index contributed by atoms with van der Waals surface area (Å²) in [4.78, 5) is 39.1. The molecule has 0 aliphatic carbocycles. The van der Waals surface area contributed by atoms with Crippen molar-refractivity contribution in [1.29, 1.82) is 0 Å². The van der Waals surface area contributed by atoms with Crippen LogP contribution in [0.15, 0.2) is 16.1 Å². The van der Waals surface area contributed by atoms with Crippen molar-refractivity contribution in [2.24, 2.45) is 4.99 Å². The largest absolute Gasteiger partial charge is 0.481 e. The lowest BCUT2D eigenvalue weighted by Crippen LogP contribution is -2.16. The van der Waals surface area contributed by atoms with Crippen LogP contribution in [0.25, 0.3) is 24.3 Å². The second kappa shape index (κ2) is 11.5. The molecule has 0 fully saturated rings. The maximum atomic E-state index is 11.6. The molecule has 5 heterocycles. The number of carbonyl (C=O) groups is 2. The van der Waals surface area contributed by atoms with Gasteiger partial charge in [-0.2, -0.15) is 0 Å². The van der Waals surface area contributed by atoms with E-state index in [1.54, 1.807) is 0 Å². The number of H-pyrrole nitrogens is 3. The zero-order valence-electron chi connectivity index (χ0n) is 25.3. The van der Waals surface area contributed by atoms with Crippen molar-refractivity contribution >= 4 is 42.0 Å². The number of aromatic amines is 3. The number of carboxylic acid groups (broad SMARTS) is 2. The van der Waals surface area contributed by atoms with Crippen LogP contribution in [0.2, 0.25) is 0 Å². The third-order valence-electron chi connectivity index (χ3n) is 8.93. The number of aromatic nitrogens is 3. The van der Waals surface area contributed by atoms with E-state index < -0.39 is 11.9 Å². The minimum Gasteiger partial charge on any atom is -0.481 e. The van der Waals surface area contributed by atoms with Crippen molar-refractivity contribution in [3.05, 3.63) is 77.3 Å². The van der Waals surface area contributed by atoms with Gasteiger partial charge in [-0.3, -0.25) is 14.6 Å². The number of allylic oxidation sites excluding steroid dienone is 1. The van der Waals surface area contributed by atoms with Gasteiger partial charge in [-0.25, -0.2) is 0 Å². The fraction of sp³-hybridized carbons (Fsp3) is 0.382. The van der Waals surface area contributed by atoms with Crippen LogP contribution in [0, 0.1) is 20.8 Å². The van der Waals surface area contributed by atoms with E-state index in [0.717, 1.165) is 73.6 Å². The molecule has 8 heteroatoms. The summed E-state index contributed by atoms with van der Waals surface area (Å²) < 4.78 is 0. The average molecular weight is 569 g/mol. The van der Waals surface area contributed by atoms with Gasteiger partial charge in [-0.15, -0.1) is 0 Å². The molecule has 5 rings (SSSR count). The lowest BCUT2D eigenvalue weighted by molar-refractivity contribution is -0.137. The summed E-state index contributed by atoms with van der Waals surface area (Å²) in [7, 11) is 0. The van der Waals surface area contributed by atoms with E-state index in [0.29, 0.717) is 12.8 Å². The molecule has 3 aromatic rings. The van der Waals surface area contributed by atoms with Gasteiger partial charge in [-0.05, 0) is 122 Å². The van der Waals surface area contributed by atoms with Gasteiger partial charge in [0.25, 0.3) is 0 Å². The predicted octanol–water partition coefficient (Wildman–Crippen LogP) is 2.97. The Labute approximate surface area is 245 Å². The molecule has 0 radical (unpaired) electrons. The fourth-order valence-electron chi connectivity index (χ4n) is 6.46. The highest BCUT2D eigenvalue weighted by Crippen LogP contribution is 2.27. The first-order valence-electron chi connectivity index (χ1n) is 14.8. The first-order valence-corrected chi connectivity index (χ1v) is 14.8. The SMILES string of the molecule is CCc1c2[nH]c(c1C)/C=c1\[nH]/c(c(C)c1CC)=C\C1N=C(C=c3[nH]c(c(C)c3CCC(=O)O)=C2)C(CCC(=O)O)=C1C. The van der Waals surface area contributed by atoms with Gasteiger partial charge in [0.2, 0.25) is 0 Å². The molecule has 8 nitrogen and oxygen atoms in total. The Morgan fingerprint density at radius 2 is 1.31 bits per heavy atom. The van der Waals surface area contributed by atoms with Crippen LogP contribution in [0.4, 0.5) is 0 Å². The van der Waals surface area contributed by atoms with Crippen molar-refractivity contribution in [2.45, 2.75) is 86.1 Å². The van der Waals surface area contributed by atoms with Crippen molar-refractivity contribution in [2.75, 3.05) is 0 Å². The second-order valence-corrected chi connectivity index (χ2v) is 11.4. The predicted molar refractivity (Wildman–Crippen MR) is 167 cm³/mol. The zero-order valence-corrected chi connectivity index (χ0v) is 25.3. The average Bonchev–Trinajstić information content (AvgIpc) is 3.59. The van der Waals surface area contributed by atoms with Gasteiger partial charge in [0.1, 0.15) is 0 Å². The fourth-order valence-corrected chi connectivity index (χ4v) is 6.46. The minimum absolute atomic E-state index is 0.00953. The summed E-state index contributed by atoms with van der Waals surface area (Å²) in [6.07, 6.45) is 11.0. The van der Waals surface area contributed by atoms with Gasteiger partial charge < -0.3 is 25.2 Å². The molecule has 8 bridgehead atoms. The third-order valence-corrected chi connectivity index (χ3v) is 8.93. The number of nitrogens with zero attached hydrogens (tertiary/aromatic N) is 1. The molecule has 5 N–H and O–H groups in total. The Balaban J connectivity index is 1.87. The third kappa shape index (κ3) is 5.33. The van der Waals surface area contributed by atoms with Crippen LogP contribution in [-0.2, 0) is 28.9 Å². The maximum Gasteiger partial charge on any atom is 0.303 e. The summed E-state index contributed by atoms with van der Waals surface area (Å²) in [5.74, 6) is -1.70. The number of rotatable bonds is 8. The highest BCUT2D eigenvalue weighted by Gasteiger charge is 2.24. The van der Waals surface area contributed by atoms with Gasteiger partial charge in [0.05, 0.1) is 11.8 Å². The zero-order chi connectivity index (χ0) is 30.3. The lowest BCUT2D eigenvalue weighted by atomic mass is 9.97. The van der Waals surface area contributed by atoms with E-state index in [9.17, 15) is 19.8 Å². The molecule has 42 heavy (non-hydrogen) atoms. The quantitative estimate of drug-likeness (QED) is 0.286. The Morgan fingerprint density at radius 1 is 0.714 bits per heavy atom. The molecule has 1 unspecified atom stereocenters. The Morgan fingerprint density at radius 3 is 1.98 bits per heavy atom. The van der Waals surface area contributed by atoms with E-state index in [4.69, 9.17) is 4.99 Å². The Hall–Kier alpha value is -4.33. The van der Waals surface area contributed by atoms with Crippen molar-refractivity contribution in [1.82, 2.24) is 15.0 Å². The summed E-state index contributed by atoms with van der Waals surface area (Å²) in [6.45, 7) is 12.7. The number of nitrogens with one attached hydrogen (secondary N) is 3. The van der Waals surface area contributed by atoms with Crippen LogP contribution in [0.3, 0.4) is 0 Å². The second-order valence-electron chi connectivity index (χ2n) is 11.4. The van der Waals surface area contributed by atoms with Gasteiger partial charge in [0.15, 0.2) is 0 Å². The standard InChI is InChI=1S/C34H40N4O4/c1-7-21-17(3)25-13-26-19(5)23(9-11-33(39)40)31(37-26)16-32-24(10-12-34(41)42)20(6)28(38-32)15-30-22(8-2)18(4)27(36-30)14-29(21)35-25/h13-16,26,35-36,38H,7-12H2,1-6H3,(H,39,40)(H,41,42)/b25-13-,28-15?,29-14-,32-16?. The van der Waals surface area contributed by atoms with Crippen LogP contribution >= 0.6 is 0 Å². The van der Waals surface area contributed by atoms with Gasteiger partial charge in [-0.1, -0.05) is 13.8 Å². The number of fused-ring (bicyclic) bond motifs is 7. The molecule has 1 atom stereocenters. The molecule has 0 spiro atoms. The van der Waals surface area contributed by atoms with E-state index in [-0.39, 0.29) is 18.9 Å². The van der Waals surface area contributed by atoms with Gasteiger partial charge >= 0.3 is 11.9 Å². The highest BCUT2D eigenvalue weighted by atomic mass is 16.4. The van der Waals surface area contributed by atoms with Crippen LogP contribution in [0.1, 0.15) is 84.8 Å². The number of aliphatic carboxylic acids is 2.